The predicted octanol–water partition coefficient (Wildman–Crippen LogP) is 6.71. The van der Waals surface area contributed by atoms with E-state index in [0.717, 1.165) is 51.4 Å². The predicted molar refractivity (Wildman–Crippen MR) is 135 cm³/mol. The Bertz CT molecular complexity index is 820. The van der Waals surface area contributed by atoms with Gasteiger partial charge in [0, 0.05) is 11.8 Å². The van der Waals surface area contributed by atoms with E-state index in [2.05, 4.69) is 54.5 Å². The van der Waals surface area contributed by atoms with E-state index in [1.165, 1.54) is 5.57 Å². The van der Waals surface area contributed by atoms with Crippen molar-refractivity contribution < 1.29 is 15.0 Å². The highest BCUT2D eigenvalue weighted by atomic mass is 16.3. The summed E-state index contributed by atoms with van der Waals surface area (Å²) in [5, 5.41) is 23.4. The second-order valence-corrected chi connectivity index (χ2v) is 14.3. The van der Waals surface area contributed by atoms with E-state index >= 15 is 0 Å². The van der Waals surface area contributed by atoms with Crippen LogP contribution in [0.1, 0.15) is 113 Å². The molecule has 0 amide bonds. The minimum atomic E-state index is -0.751. The van der Waals surface area contributed by atoms with Crippen LogP contribution in [0.25, 0.3) is 0 Å². The quantitative estimate of drug-likeness (QED) is 0.460. The maximum absolute atomic E-state index is 12.9. The van der Waals surface area contributed by atoms with Gasteiger partial charge in [-0.1, -0.05) is 46.3 Å². The van der Waals surface area contributed by atoms with Crippen LogP contribution >= 0.6 is 0 Å². The number of rotatable bonds is 4. The fraction of sp³-hybridized carbons (Fsp3) is 0.900. The highest BCUT2D eigenvalue weighted by Crippen LogP contribution is 2.75. The van der Waals surface area contributed by atoms with Gasteiger partial charge in [0.1, 0.15) is 5.78 Å². The SMILES string of the molecule is CC(C)=CCCC(C)(O)C1CC[C@]2(C)C1[C@H](O)CC1[C@@]3(C)CCC(=O)C(C)(C)C3CC[C@]12C. The van der Waals surface area contributed by atoms with Crippen molar-refractivity contribution in [3.8, 4) is 0 Å². The van der Waals surface area contributed by atoms with Gasteiger partial charge in [-0.3, -0.25) is 4.79 Å². The third kappa shape index (κ3) is 3.53. The molecule has 0 saturated heterocycles. The van der Waals surface area contributed by atoms with E-state index in [9.17, 15) is 15.0 Å². The third-order valence-corrected chi connectivity index (χ3v) is 12.1. The number of ketones is 1. The fourth-order valence-corrected chi connectivity index (χ4v) is 10.1. The van der Waals surface area contributed by atoms with E-state index in [1.54, 1.807) is 0 Å². The van der Waals surface area contributed by atoms with Crippen molar-refractivity contribution in [1.29, 1.82) is 0 Å². The maximum atomic E-state index is 12.9. The highest BCUT2D eigenvalue weighted by Gasteiger charge is 2.71. The molecule has 0 aromatic heterocycles. The fourth-order valence-electron chi connectivity index (χ4n) is 10.1. The molecule has 0 radical (unpaired) electrons. The first-order valence-corrected chi connectivity index (χ1v) is 13.7. The van der Waals surface area contributed by atoms with E-state index in [0.29, 0.717) is 24.0 Å². The smallest absolute Gasteiger partial charge is 0.138 e. The van der Waals surface area contributed by atoms with Crippen molar-refractivity contribution in [1.82, 2.24) is 0 Å². The number of carbonyl (C=O) groups excluding carboxylic acids is 1. The minimum Gasteiger partial charge on any atom is -0.393 e. The summed E-state index contributed by atoms with van der Waals surface area (Å²) in [7, 11) is 0. The molecule has 4 saturated carbocycles. The Balaban J connectivity index is 1.67. The summed E-state index contributed by atoms with van der Waals surface area (Å²) in [6.45, 7) is 18.0. The monoisotopic (exact) mass is 458 g/mol. The lowest BCUT2D eigenvalue weighted by molar-refractivity contribution is -0.232. The van der Waals surface area contributed by atoms with Gasteiger partial charge >= 0.3 is 0 Å². The zero-order chi connectivity index (χ0) is 24.6. The molecule has 3 heteroatoms. The molecule has 0 heterocycles. The Hall–Kier alpha value is -0.670. The summed E-state index contributed by atoms with van der Waals surface area (Å²) in [5.74, 6) is 1.57. The van der Waals surface area contributed by atoms with Gasteiger partial charge in [0.2, 0.25) is 0 Å². The standard InChI is InChI=1S/C30H50O3/c1-19(2)10-9-14-30(8,33)20-11-16-29(7)25(20)21(31)18-23-27(5)15-13-24(32)26(3,4)22(27)12-17-28(23,29)6/h10,20-23,25,31,33H,9,11-18H2,1-8H3/t20?,21-,22?,23?,25?,27+,28-,29-,30?/m1/s1. The molecule has 2 N–H and O–H groups in total. The number of hydrogen-bond donors (Lipinski definition) is 2. The lowest BCUT2D eigenvalue weighted by Crippen LogP contribution is -2.66. The lowest BCUT2D eigenvalue weighted by atomic mass is 9.35. The van der Waals surface area contributed by atoms with Crippen LogP contribution < -0.4 is 0 Å². The van der Waals surface area contributed by atoms with Gasteiger partial charge in [0.15, 0.2) is 0 Å². The molecule has 0 bridgehead atoms. The third-order valence-electron chi connectivity index (χ3n) is 12.1. The van der Waals surface area contributed by atoms with Gasteiger partial charge in [-0.25, -0.2) is 0 Å². The number of hydrogen-bond acceptors (Lipinski definition) is 3. The van der Waals surface area contributed by atoms with Crippen molar-refractivity contribution in [3.05, 3.63) is 11.6 Å². The molecular formula is C30H50O3. The first-order chi connectivity index (χ1) is 15.1. The van der Waals surface area contributed by atoms with Crippen LogP contribution in [0.15, 0.2) is 11.6 Å². The molecule has 0 aromatic carbocycles. The van der Waals surface area contributed by atoms with Gasteiger partial charge in [-0.05, 0) is 112 Å². The van der Waals surface area contributed by atoms with Crippen LogP contribution in [0.3, 0.4) is 0 Å². The van der Waals surface area contributed by atoms with Crippen LogP contribution in [0.5, 0.6) is 0 Å². The number of carbonyl (C=O) groups is 1. The molecule has 4 rings (SSSR count). The summed E-state index contributed by atoms with van der Waals surface area (Å²) < 4.78 is 0. The van der Waals surface area contributed by atoms with Crippen molar-refractivity contribution in [2.45, 2.75) is 125 Å². The van der Waals surface area contributed by atoms with Gasteiger partial charge in [0.25, 0.3) is 0 Å². The molecule has 3 nitrogen and oxygen atoms in total. The summed E-state index contributed by atoms with van der Waals surface area (Å²) in [5.41, 5.74) is 0.560. The number of aliphatic hydroxyl groups excluding tert-OH is 1. The summed E-state index contributed by atoms with van der Waals surface area (Å²) in [4.78, 5) is 12.9. The molecule has 9 atom stereocenters. The van der Waals surface area contributed by atoms with Crippen LogP contribution in [0.4, 0.5) is 0 Å². The van der Waals surface area contributed by atoms with E-state index in [1.807, 2.05) is 6.92 Å². The van der Waals surface area contributed by atoms with E-state index in [4.69, 9.17) is 0 Å². The zero-order valence-corrected chi connectivity index (χ0v) is 22.6. The molecular weight excluding hydrogens is 408 g/mol. The van der Waals surface area contributed by atoms with E-state index in [-0.39, 0.29) is 39.6 Å². The molecule has 4 aliphatic rings. The van der Waals surface area contributed by atoms with Crippen molar-refractivity contribution in [3.63, 3.8) is 0 Å². The van der Waals surface area contributed by atoms with Crippen LogP contribution in [-0.4, -0.2) is 27.7 Å². The van der Waals surface area contributed by atoms with Gasteiger partial charge in [0.05, 0.1) is 11.7 Å². The number of aliphatic hydroxyl groups is 2. The first-order valence-electron chi connectivity index (χ1n) is 13.7. The van der Waals surface area contributed by atoms with Crippen LogP contribution in [0.2, 0.25) is 0 Å². The van der Waals surface area contributed by atoms with Crippen LogP contribution in [0, 0.1) is 45.3 Å². The molecule has 0 aromatic rings. The molecule has 188 valence electrons. The van der Waals surface area contributed by atoms with Crippen molar-refractivity contribution in [2.75, 3.05) is 0 Å². The Morgan fingerprint density at radius 1 is 1.03 bits per heavy atom. The zero-order valence-electron chi connectivity index (χ0n) is 22.6. The second kappa shape index (κ2) is 7.92. The summed E-state index contributed by atoms with van der Waals surface area (Å²) >= 11 is 0. The molecule has 4 aliphatic carbocycles. The average molecular weight is 459 g/mol. The topological polar surface area (TPSA) is 57.5 Å². The Kier molecular flexibility index (Phi) is 6.10. The van der Waals surface area contributed by atoms with Crippen LogP contribution in [-0.2, 0) is 4.79 Å². The molecule has 0 spiro atoms. The van der Waals surface area contributed by atoms with Crippen molar-refractivity contribution in [2.24, 2.45) is 45.3 Å². The Morgan fingerprint density at radius 2 is 1.67 bits per heavy atom. The maximum Gasteiger partial charge on any atom is 0.138 e. The number of Topliss-reactive ketones (excluding diaryl/α,β-unsaturated/α-hetero) is 1. The molecule has 0 aliphatic heterocycles. The van der Waals surface area contributed by atoms with Gasteiger partial charge < -0.3 is 10.2 Å². The van der Waals surface area contributed by atoms with Gasteiger partial charge in [-0.2, -0.15) is 0 Å². The highest BCUT2D eigenvalue weighted by molar-refractivity contribution is 5.85. The Labute approximate surface area is 202 Å². The molecule has 4 fully saturated rings. The lowest BCUT2D eigenvalue weighted by Gasteiger charge is -2.69. The summed E-state index contributed by atoms with van der Waals surface area (Å²) in [6, 6.07) is 0. The average Bonchev–Trinajstić information content (AvgIpc) is 3.08. The van der Waals surface area contributed by atoms with Gasteiger partial charge in [-0.15, -0.1) is 0 Å². The number of allylic oxidation sites excluding steroid dienone is 2. The van der Waals surface area contributed by atoms with Crippen molar-refractivity contribution >= 4 is 5.78 Å². The second-order valence-electron chi connectivity index (χ2n) is 14.3. The molecule has 5 unspecified atom stereocenters. The molecule has 33 heavy (non-hydrogen) atoms. The Morgan fingerprint density at radius 3 is 2.30 bits per heavy atom. The first kappa shape index (κ1) is 25.4. The summed E-state index contributed by atoms with van der Waals surface area (Å²) in [6.07, 6.45) is 10.4. The van der Waals surface area contributed by atoms with E-state index < -0.39 is 5.60 Å². The normalized spacial score (nSPS) is 48.3. The minimum absolute atomic E-state index is 0.0279. The number of fused-ring (bicyclic) bond motifs is 5. The largest absolute Gasteiger partial charge is 0.393 e.